The number of sulfonamides is 1. The van der Waals surface area contributed by atoms with Gasteiger partial charge in [-0.25, -0.2) is 8.42 Å². The normalized spacial score (nSPS) is 11.7. The Morgan fingerprint density at radius 3 is 2.15 bits per heavy atom. The van der Waals surface area contributed by atoms with E-state index in [1.807, 2.05) is 13.8 Å². The van der Waals surface area contributed by atoms with Crippen molar-refractivity contribution in [1.29, 1.82) is 0 Å². The molecule has 0 aliphatic rings. The summed E-state index contributed by atoms with van der Waals surface area (Å²) in [4.78, 5) is 0.238. The molecule has 0 fully saturated rings. The zero-order valence-corrected chi connectivity index (χ0v) is 17.5. The molecule has 0 heterocycles. The quantitative estimate of drug-likeness (QED) is 0.685. The summed E-state index contributed by atoms with van der Waals surface area (Å²) < 4.78 is 43.3. The van der Waals surface area contributed by atoms with Crippen molar-refractivity contribution in [3.05, 3.63) is 47.5 Å². The molecular weight excluding hydrogens is 366 g/mol. The van der Waals surface area contributed by atoms with Crippen molar-refractivity contribution in [1.82, 2.24) is 4.31 Å². The lowest BCUT2D eigenvalue weighted by Gasteiger charge is -2.20. The summed E-state index contributed by atoms with van der Waals surface area (Å²) in [6.07, 6.45) is 0. The zero-order valence-electron chi connectivity index (χ0n) is 16.6. The summed E-state index contributed by atoms with van der Waals surface area (Å²) in [5, 5.41) is 0. The Kier molecular flexibility index (Phi) is 6.73. The molecule has 0 amide bonds. The Morgan fingerprint density at radius 1 is 0.926 bits per heavy atom. The first-order valence-corrected chi connectivity index (χ1v) is 10.0. The van der Waals surface area contributed by atoms with E-state index in [1.165, 1.54) is 4.31 Å². The summed E-state index contributed by atoms with van der Waals surface area (Å²) in [7, 11) is 2.58. The molecule has 0 aliphatic carbocycles. The van der Waals surface area contributed by atoms with Crippen LogP contribution in [0.15, 0.2) is 41.3 Å². The summed E-state index contributed by atoms with van der Waals surface area (Å²) in [6, 6.07) is 10.3. The van der Waals surface area contributed by atoms with Crippen LogP contribution in [-0.2, 0) is 16.6 Å². The van der Waals surface area contributed by atoms with Gasteiger partial charge in [-0.05, 0) is 35.7 Å². The van der Waals surface area contributed by atoms with Gasteiger partial charge in [-0.15, -0.1) is 0 Å². The van der Waals surface area contributed by atoms with Gasteiger partial charge in [0.15, 0.2) is 0 Å². The van der Waals surface area contributed by atoms with E-state index in [9.17, 15) is 8.42 Å². The van der Waals surface area contributed by atoms with Gasteiger partial charge < -0.3 is 14.2 Å². The number of methoxy groups -OCH3 is 3. The van der Waals surface area contributed by atoms with E-state index < -0.39 is 10.0 Å². The third kappa shape index (κ3) is 4.54. The van der Waals surface area contributed by atoms with E-state index in [-0.39, 0.29) is 17.4 Å². The Bertz CT molecular complexity index is 893. The first-order chi connectivity index (χ1) is 12.7. The van der Waals surface area contributed by atoms with Crippen molar-refractivity contribution in [2.45, 2.75) is 31.2 Å². The third-order valence-corrected chi connectivity index (χ3v) is 6.22. The van der Waals surface area contributed by atoms with Gasteiger partial charge in [0.05, 0.1) is 26.2 Å². The molecule has 0 aliphatic heterocycles. The minimum Gasteiger partial charge on any atom is -0.497 e. The van der Waals surface area contributed by atoms with Gasteiger partial charge in [-0.3, -0.25) is 0 Å². The van der Waals surface area contributed by atoms with Crippen LogP contribution in [0, 0.1) is 0 Å². The van der Waals surface area contributed by atoms with Crippen molar-refractivity contribution >= 4 is 10.0 Å². The van der Waals surface area contributed by atoms with E-state index in [2.05, 4.69) is 0 Å². The molecule has 2 aromatic carbocycles. The van der Waals surface area contributed by atoms with Crippen LogP contribution in [0.4, 0.5) is 0 Å². The lowest BCUT2D eigenvalue weighted by molar-refractivity contribution is 0.384. The van der Waals surface area contributed by atoms with Crippen molar-refractivity contribution in [2.75, 3.05) is 28.4 Å². The number of hydrogen-bond acceptors (Lipinski definition) is 5. The molecule has 0 aromatic heterocycles. The highest BCUT2D eigenvalue weighted by molar-refractivity contribution is 7.89. The molecule has 0 saturated heterocycles. The zero-order chi connectivity index (χ0) is 20.2. The van der Waals surface area contributed by atoms with Crippen LogP contribution in [0.3, 0.4) is 0 Å². The fourth-order valence-corrected chi connectivity index (χ4v) is 4.00. The molecule has 7 heteroatoms. The summed E-state index contributed by atoms with van der Waals surface area (Å²) in [5.74, 6) is 2.05. The Labute approximate surface area is 161 Å². The molecule has 0 N–H and O–H groups in total. The SMILES string of the molecule is COc1ccc(CN(C)S(=O)(=O)c2ccc(OC)c(C(C)C)c2)c(OC)c1. The lowest BCUT2D eigenvalue weighted by Crippen LogP contribution is -2.27. The average molecular weight is 394 g/mol. The number of ether oxygens (including phenoxy) is 3. The lowest BCUT2D eigenvalue weighted by atomic mass is 10.0. The van der Waals surface area contributed by atoms with E-state index in [0.717, 1.165) is 11.1 Å². The maximum absolute atomic E-state index is 13.1. The van der Waals surface area contributed by atoms with Crippen LogP contribution in [0.1, 0.15) is 30.9 Å². The van der Waals surface area contributed by atoms with Gasteiger partial charge in [0.25, 0.3) is 0 Å². The molecule has 0 spiro atoms. The van der Waals surface area contributed by atoms with E-state index in [0.29, 0.717) is 17.2 Å². The Hall–Kier alpha value is -2.25. The van der Waals surface area contributed by atoms with Gasteiger partial charge >= 0.3 is 0 Å². The molecule has 0 bridgehead atoms. The van der Waals surface area contributed by atoms with Crippen LogP contribution < -0.4 is 14.2 Å². The van der Waals surface area contributed by atoms with Crippen molar-refractivity contribution < 1.29 is 22.6 Å². The number of hydrogen-bond donors (Lipinski definition) is 0. The molecule has 0 saturated carbocycles. The number of nitrogens with zero attached hydrogens (tertiary/aromatic N) is 1. The second-order valence-electron chi connectivity index (χ2n) is 6.50. The number of benzene rings is 2. The fourth-order valence-electron chi connectivity index (χ4n) is 2.81. The topological polar surface area (TPSA) is 65.1 Å². The maximum Gasteiger partial charge on any atom is 0.243 e. The molecule has 6 nitrogen and oxygen atoms in total. The van der Waals surface area contributed by atoms with E-state index in [1.54, 1.807) is 64.8 Å². The van der Waals surface area contributed by atoms with Crippen molar-refractivity contribution in [3.63, 3.8) is 0 Å². The maximum atomic E-state index is 13.1. The largest absolute Gasteiger partial charge is 0.497 e. The molecular formula is C20H27NO5S. The predicted octanol–water partition coefficient (Wildman–Crippen LogP) is 3.66. The van der Waals surface area contributed by atoms with Crippen LogP contribution >= 0.6 is 0 Å². The Balaban J connectivity index is 2.36. The first kappa shape index (κ1) is 21.1. The smallest absolute Gasteiger partial charge is 0.243 e. The summed E-state index contributed by atoms with van der Waals surface area (Å²) in [6.45, 7) is 4.18. The van der Waals surface area contributed by atoms with Crippen molar-refractivity contribution in [3.8, 4) is 17.2 Å². The molecule has 0 atom stereocenters. The second kappa shape index (κ2) is 8.63. The first-order valence-electron chi connectivity index (χ1n) is 8.59. The molecule has 148 valence electrons. The molecule has 2 rings (SSSR count). The molecule has 27 heavy (non-hydrogen) atoms. The minimum absolute atomic E-state index is 0.141. The van der Waals surface area contributed by atoms with Crippen LogP contribution in [0.5, 0.6) is 17.2 Å². The predicted molar refractivity (Wildman–Crippen MR) is 105 cm³/mol. The minimum atomic E-state index is -3.67. The highest BCUT2D eigenvalue weighted by Crippen LogP contribution is 2.31. The highest BCUT2D eigenvalue weighted by atomic mass is 32.2. The van der Waals surface area contributed by atoms with Crippen LogP contribution in [0.2, 0.25) is 0 Å². The monoisotopic (exact) mass is 393 g/mol. The fraction of sp³-hybridized carbons (Fsp3) is 0.400. The third-order valence-electron chi connectivity index (χ3n) is 4.42. The highest BCUT2D eigenvalue weighted by Gasteiger charge is 2.24. The Morgan fingerprint density at radius 2 is 1.59 bits per heavy atom. The average Bonchev–Trinajstić information content (AvgIpc) is 2.67. The van der Waals surface area contributed by atoms with Crippen LogP contribution in [0.25, 0.3) is 0 Å². The molecule has 2 aromatic rings. The summed E-state index contributed by atoms with van der Waals surface area (Å²) >= 11 is 0. The van der Waals surface area contributed by atoms with Gasteiger partial charge in [-0.2, -0.15) is 4.31 Å². The number of rotatable bonds is 8. The van der Waals surface area contributed by atoms with E-state index >= 15 is 0 Å². The second-order valence-corrected chi connectivity index (χ2v) is 8.54. The van der Waals surface area contributed by atoms with E-state index in [4.69, 9.17) is 14.2 Å². The molecule has 0 radical (unpaired) electrons. The molecule has 0 unspecified atom stereocenters. The summed E-state index contributed by atoms with van der Waals surface area (Å²) in [5.41, 5.74) is 1.61. The van der Waals surface area contributed by atoms with Gasteiger partial charge in [0.2, 0.25) is 10.0 Å². The van der Waals surface area contributed by atoms with Crippen molar-refractivity contribution in [2.24, 2.45) is 0 Å². The van der Waals surface area contributed by atoms with Gasteiger partial charge in [-0.1, -0.05) is 19.9 Å². The van der Waals surface area contributed by atoms with Gasteiger partial charge in [0.1, 0.15) is 17.2 Å². The van der Waals surface area contributed by atoms with Gasteiger partial charge in [0, 0.05) is 25.2 Å². The standard InChI is InChI=1S/C20H27NO5S/c1-14(2)18-12-17(9-10-19(18)25-5)27(22,23)21(3)13-15-7-8-16(24-4)11-20(15)26-6/h7-12,14H,13H2,1-6H3. The van der Waals surface area contributed by atoms with Crippen LogP contribution in [-0.4, -0.2) is 41.1 Å².